The third-order valence-electron chi connectivity index (χ3n) is 2.57. The first-order chi connectivity index (χ1) is 7.69. The summed E-state index contributed by atoms with van der Waals surface area (Å²) in [7, 11) is 1.36. The van der Waals surface area contributed by atoms with Crippen LogP contribution in [0.3, 0.4) is 0 Å². The zero-order chi connectivity index (χ0) is 11.7. The molecule has 1 aliphatic heterocycles. The van der Waals surface area contributed by atoms with Crippen molar-refractivity contribution >= 4 is 17.9 Å². The molecule has 1 aromatic carbocycles. The normalized spacial score (nSPS) is 24.1. The minimum atomic E-state index is -0.749. The van der Waals surface area contributed by atoms with Crippen molar-refractivity contribution in [3.05, 3.63) is 30.1 Å². The molecule has 0 unspecified atom stereocenters. The van der Waals surface area contributed by atoms with Gasteiger partial charge >= 0.3 is 0 Å². The lowest BCUT2D eigenvalue weighted by Crippen LogP contribution is -2.66. The molecule has 16 heavy (non-hydrogen) atoms. The summed E-state index contributed by atoms with van der Waals surface area (Å²) in [6, 6.07) is 4.88. The Hall–Kier alpha value is -1.75. The summed E-state index contributed by atoms with van der Waals surface area (Å²) in [4.78, 5) is 23.6. The van der Waals surface area contributed by atoms with E-state index < -0.39 is 18.0 Å². The van der Waals surface area contributed by atoms with Gasteiger partial charge in [-0.25, -0.2) is 4.39 Å². The number of aldehydes is 1. The van der Waals surface area contributed by atoms with Gasteiger partial charge in [-0.15, -0.1) is 0 Å². The van der Waals surface area contributed by atoms with E-state index in [1.54, 1.807) is 6.07 Å². The van der Waals surface area contributed by atoms with Crippen molar-refractivity contribution in [3.8, 4) is 0 Å². The van der Waals surface area contributed by atoms with E-state index in [1.807, 2.05) is 0 Å². The van der Waals surface area contributed by atoms with Crippen molar-refractivity contribution < 1.29 is 18.7 Å². The molecule has 1 saturated heterocycles. The molecule has 4 nitrogen and oxygen atoms in total. The van der Waals surface area contributed by atoms with Crippen molar-refractivity contribution in [2.75, 3.05) is 12.0 Å². The standard InChI is InChI=1S/C11H10FNO3/c1-16-10-9(6-14)13(11(10)15)8-4-2-3-7(12)5-8/h2-6,9-10H,1H3/t9-,10+/m1/s1. The molecule has 1 heterocycles. The number of hydrogen-bond acceptors (Lipinski definition) is 3. The van der Waals surface area contributed by atoms with Gasteiger partial charge in [0.2, 0.25) is 0 Å². The Morgan fingerprint density at radius 1 is 1.50 bits per heavy atom. The molecule has 1 aliphatic rings. The van der Waals surface area contributed by atoms with E-state index in [9.17, 15) is 14.0 Å². The van der Waals surface area contributed by atoms with E-state index in [0.717, 1.165) is 0 Å². The summed E-state index contributed by atoms with van der Waals surface area (Å²) in [5.41, 5.74) is 0.371. The van der Waals surface area contributed by atoms with Crippen LogP contribution in [0.2, 0.25) is 0 Å². The van der Waals surface area contributed by atoms with Gasteiger partial charge in [-0.2, -0.15) is 0 Å². The second-order valence-electron chi connectivity index (χ2n) is 3.47. The van der Waals surface area contributed by atoms with Gasteiger partial charge in [0, 0.05) is 12.8 Å². The zero-order valence-corrected chi connectivity index (χ0v) is 8.59. The molecule has 2 atom stereocenters. The number of carbonyl (C=O) groups is 2. The van der Waals surface area contributed by atoms with Crippen LogP contribution in [0.4, 0.5) is 10.1 Å². The zero-order valence-electron chi connectivity index (χ0n) is 8.59. The maximum absolute atomic E-state index is 13.0. The minimum absolute atomic E-state index is 0.329. The van der Waals surface area contributed by atoms with Gasteiger partial charge in [0.1, 0.15) is 18.1 Å². The van der Waals surface area contributed by atoms with E-state index in [-0.39, 0.29) is 5.91 Å². The highest BCUT2D eigenvalue weighted by Crippen LogP contribution is 2.28. The molecule has 0 N–H and O–H groups in total. The monoisotopic (exact) mass is 223 g/mol. The second-order valence-corrected chi connectivity index (χ2v) is 3.47. The molecular weight excluding hydrogens is 213 g/mol. The number of amides is 1. The van der Waals surface area contributed by atoms with Crippen molar-refractivity contribution in [1.82, 2.24) is 0 Å². The first kappa shape index (κ1) is 10.8. The molecular formula is C11H10FNO3. The van der Waals surface area contributed by atoms with Crippen molar-refractivity contribution in [1.29, 1.82) is 0 Å². The van der Waals surface area contributed by atoms with Gasteiger partial charge in [0.15, 0.2) is 6.10 Å². The Morgan fingerprint density at radius 2 is 2.25 bits per heavy atom. The average Bonchev–Trinajstić information content (AvgIpc) is 2.26. The number of hydrogen-bond donors (Lipinski definition) is 0. The lowest BCUT2D eigenvalue weighted by Gasteiger charge is -2.42. The summed E-state index contributed by atoms with van der Waals surface area (Å²) in [6.07, 6.45) is -0.124. The van der Waals surface area contributed by atoms with Crippen LogP contribution < -0.4 is 4.90 Å². The van der Waals surface area contributed by atoms with Gasteiger partial charge in [0.25, 0.3) is 5.91 Å². The van der Waals surface area contributed by atoms with Crippen LogP contribution in [0.5, 0.6) is 0 Å². The van der Waals surface area contributed by atoms with Gasteiger partial charge < -0.3 is 9.53 Å². The summed E-state index contributed by atoms with van der Waals surface area (Å²) in [6.45, 7) is 0. The Labute approximate surface area is 91.6 Å². The fraction of sp³-hybridized carbons (Fsp3) is 0.273. The van der Waals surface area contributed by atoms with Gasteiger partial charge in [-0.3, -0.25) is 9.69 Å². The number of anilines is 1. The van der Waals surface area contributed by atoms with Crippen LogP contribution in [-0.4, -0.2) is 31.4 Å². The average molecular weight is 223 g/mol. The lowest BCUT2D eigenvalue weighted by atomic mass is 9.98. The second kappa shape index (κ2) is 4.02. The molecule has 2 rings (SSSR count). The molecule has 0 radical (unpaired) electrons. The molecule has 0 spiro atoms. The fourth-order valence-electron chi connectivity index (χ4n) is 1.78. The highest BCUT2D eigenvalue weighted by atomic mass is 19.1. The third-order valence-corrected chi connectivity index (χ3v) is 2.57. The van der Waals surface area contributed by atoms with E-state index in [2.05, 4.69) is 0 Å². The fourth-order valence-corrected chi connectivity index (χ4v) is 1.78. The van der Waals surface area contributed by atoms with Crippen LogP contribution in [-0.2, 0) is 14.3 Å². The van der Waals surface area contributed by atoms with E-state index >= 15 is 0 Å². The third kappa shape index (κ3) is 1.49. The van der Waals surface area contributed by atoms with E-state index in [0.29, 0.717) is 12.0 Å². The largest absolute Gasteiger partial charge is 0.369 e. The number of ether oxygens (including phenoxy) is 1. The molecule has 84 valence electrons. The quantitative estimate of drug-likeness (QED) is 0.561. The SMILES string of the molecule is CO[C@@H]1C(=O)N(c2cccc(F)c2)[C@@H]1C=O. The summed E-state index contributed by atoms with van der Waals surface area (Å²) >= 11 is 0. The van der Waals surface area contributed by atoms with E-state index in [4.69, 9.17) is 4.74 Å². The summed E-state index contributed by atoms with van der Waals surface area (Å²) < 4.78 is 17.8. The lowest BCUT2D eigenvalue weighted by molar-refractivity contribution is -0.142. The van der Waals surface area contributed by atoms with Crippen LogP contribution in [0.1, 0.15) is 0 Å². The first-order valence-corrected chi connectivity index (χ1v) is 4.75. The smallest absolute Gasteiger partial charge is 0.259 e. The summed E-state index contributed by atoms with van der Waals surface area (Å²) in [5.74, 6) is -0.777. The first-order valence-electron chi connectivity index (χ1n) is 4.75. The molecule has 1 aromatic rings. The number of halogens is 1. The van der Waals surface area contributed by atoms with Gasteiger partial charge in [-0.1, -0.05) is 6.07 Å². The van der Waals surface area contributed by atoms with Gasteiger partial charge in [0.05, 0.1) is 0 Å². The predicted molar refractivity (Wildman–Crippen MR) is 54.5 cm³/mol. The van der Waals surface area contributed by atoms with Crippen molar-refractivity contribution in [2.45, 2.75) is 12.1 Å². The number of carbonyl (C=O) groups excluding carboxylic acids is 2. The number of β-lactam (4-membered cyclic amide) rings is 1. The predicted octanol–water partition coefficient (Wildman–Crippen LogP) is 0.755. The molecule has 0 aromatic heterocycles. The van der Waals surface area contributed by atoms with Crippen LogP contribution >= 0.6 is 0 Å². The molecule has 0 aliphatic carbocycles. The van der Waals surface area contributed by atoms with Crippen LogP contribution in [0.15, 0.2) is 24.3 Å². The molecule has 0 saturated carbocycles. The Morgan fingerprint density at radius 3 is 2.81 bits per heavy atom. The highest BCUT2D eigenvalue weighted by Gasteiger charge is 2.48. The number of methoxy groups -OCH3 is 1. The van der Waals surface area contributed by atoms with Crippen molar-refractivity contribution in [2.24, 2.45) is 0 Å². The Balaban J connectivity index is 2.29. The van der Waals surface area contributed by atoms with Crippen molar-refractivity contribution in [3.63, 3.8) is 0 Å². The summed E-state index contributed by atoms with van der Waals surface area (Å²) in [5, 5.41) is 0. The number of benzene rings is 1. The topological polar surface area (TPSA) is 46.6 Å². The van der Waals surface area contributed by atoms with Crippen LogP contribution in [0, 0.1) is 5.82 Å². The Bertz CT molecular complexity index is 435. The number of rotatable bonds is 3. The highest BCUT2D eigenvalue weighted by molar-refractivity contribution is 6.09. The maximum Gasteiger partial charge on any atom is 0.259 e. The maximum atomic E-state index is 13.0. The molecule has 1 fully saturated rings. The molecule has 0 bridgehead atoms. The van der Waals surface area contributed by atoms with Crippen LogP contribution in [0.25, 0.3) is 0 Å². The van der Waals surface area contributed by atoms with E-state index in [1.165, 1.54) is 30.2 Å². The van der Waals surface area contributed by atoms with Gasteiger partial charge in [-0.05, 0) is 18.2 Å². The Kier molecular flexibility index (Phi) is 2.70. The molecule has 1 amide bonds. The number of nitrogens with zero attached hydrogens (tertiary/aromatic N) is 1. The minimum Gasteiger partial charge on any atom is -0.369 e. The molecule has 5 heteroatoms.